The third-order valence-corrected chi connectivity index (χ3v) is 4.15. The van der Waals surface area contributed by atoms with Crippen LogP contribution in [-0.4, -0.2) is 25.2 Å². The monoisotopic (exact) mass is 220 g/mol. The maximum Gasteiger partial charge on any atom is 0.0576 e. The molecule has 2 N–H and O–H groups in total. The molecular formula is C14H24N2. The van der Waals surface area contributed by atoms with Crippen LogP contribution < -0.4 is 10.6 Å². The average molecular weight is 220 g/mol. The summed E-state index contributed by atoms with van der Waals surface area (Å²) in [6, 6.07) is 1.39. The van der Waals surface area contributed by atoms with Gasteiger partial charge in [-0.15, -0.1) is 6.42 Å². The molecule has 0 amide bonds. The number of hydrogen-bond donors (Lipinski definition) is 2. The first kappa shape index (κ1) is 12.0. The molecule has 0 radical (unpaired) electrons. The fraction of sp³-hybridized carbons (Fsp3) is 0.857. The summed E-state index contributed by atoms with van der Waals surface area (Å²) in [7, 11) is 0. The van der Waals surface area contributed by atoms with Crippen molar-refractivity contribution in [3.05, 3.63) is 0 Å². The van der Waals surface area contributed by atoms with E-state index < -0.39 is 0 Å². The average Bonchev–Trinajstić information content (AvgIpc) is 2.38. The van der Waals surface area contributed by atoms with Crippen LogP contribution >= 0.6 is 0 Å². The van der Waals surface area contributed by atoms with Gasteiger partial charge in [0.2, 0.25) is 0 Å². The summed E-state index contributed by atoms with van der Waals surface area (Å²) in [4.78, 5) is 0. The highest BCUT2D eigenvalue weighted by Crippen LogP contribution is 2.30. The second kappa shape index (κ2) is 6.27. The molecule has 2 aliphatic rings. The van der Waals surface area contributed by atoms with E-state index in [1.165, 1.54) is 51.5 Å². The van der Waals surface area contributed by atoms with Gasteiger partial charge in [0.1, 0.15) is 0 Å². The van der Waals surface area contributed by atoms with Crippen LogP contribution in [-0.2, 0) is 0 Å². The van der Waals surface area contributed by atoms with Crippen LogP contribution in [0.4, 0.5) is 0 Å². The van der Waals surface area contributed by atoms with E-state index in [0.717, 1.165) is 18.5 Å². The molecule has 2 fully saturated rings. The summed E-state index contributed by atoms with van der Waals surface area (Å²) in [5.74, 6) is 3.51. The molecule has 1 aliphatic carbocycles. The Kier molecular flexibility index (Phi) is 4.69. The van der Waals surface area contributed by atoms with Crippen molar-refractivity contribution in [3.63, 3.8) is 0 Å². The van der Waals surface area contributed by atoms with Crippen molar-refractivity contribution in [1.29, 1.82) is 0 Å². The lowest BCUT2D eigenvalue weighted by Gasteiger charge is -2.39. The van der Waals surface area contributed by atoms with E-state index in [2.05, 4.69) is 16.6 Å². The van der Waals surface area contributed by atoms with Gasteiger partial charge in [-0.3, -0.25) is 0 Å². The first-order chi connectivity index (χ1) is 7.92. The minimum Gasteiger partial charge on any atom is -0.314 e. The van der Waals surface area contributed by atoms with Crippen molar-refractivity contribution in [2.75, 3.05) is 13.1 Å². The summed E-state index contributed by atoms with van der Waals surface area (Å²) in [6.45, 7) is 1.94. The molecule has 0 aromatic carbocycles. The zero-order valence-corrected chi connectivity index (χ0v) is 10.2. The lowest BCUT2D eigenvalue weighted by Crippen LogP contribution is -2.50. The molecule has 2 nitrogen and oxygen atoms in total. The van der Waals surface area contributed by atoms with Gasteiger partial charge in [-0.2, -0.15) is 0 Å². The molecular weight excluding hydrogens is 196 g/mol. The van der Waals surface area contributed by atoms with Crippen molar-refractivity contribution in [2.24, 2.45) is 5.92 Å². The normalized spacial score (nSPS) is 35.6. The Morgan fingerprint density at radius 2 is 1.94 bits per heavy atom. The van der Waals surface area contributed by atoms with Gasteiger partial charge in [0.15, 0.2) is 0 Å². The molecule has 1 heterocycles. The Morgan fingerprint density at radius 3 is 2.69 bits per heavy atom. The van der Waals surface area contributed by atoms with Crippen LogP contribution in [0.3, 0.4) is 0 Å². The SMILES string of the molecule is C#CCNC1CCCCC1C1CCCCN1. The minimum atomic E-state index is 0.653. The zero-order chi connectivity index (χ0) is 11.2. The quantitative estimate of drug-likeness (QED) is 0.710. The lowest BCUT2D eigenvalue weighted by molar-refractivity contribution is 0.185. The molecule has 2 heteroatoms. The standard InChI is InChI=1S/C14H24N2/c1-2-10-15-13-8-4-3-7-12(13)14-9-5-6-11-16-14/h1,12-16H,3-11H2. The molecule has 3 atom stereocenters. The molecule has 1 saturated heterocycles. The predicted molar refractivity (Wildman–Crippen MR) is 68.2 cm³/mol. The Morgan fingerprint density at radius 1 is 1.12 bits per heavy atom. The number of nitrogens with one attached hydrogen (secondary N) is 2. The van der Waals surface area contributed by atoms with Crippen LogP contribution in [0.2, 0.25) is 0 Å². The highest BCUT2D eigenvalue weighted by Gasteiger charge is 2.31. The molecule has 1 aliphatic heterocycles. The summed E-state index contributed by atoms with van der Waals surface area (Å²) in [5, 5.41) is 7.25. The minimum absolute atomic E-state index is 0.653. The van der Waals surface area contributed by atoms with Gasteiger partial charge in [0.05, 0.1) is 6.54 Å². The van der Waals surface area contributed by atoms with Gasteiger partial charge >= 0.3 is 0 Å². The summed E-state index contributed by atoms with van der Waals surface area (Å²) in [6.07, 6.45) is 14.9. The van der Waals surface area contributed by atoms with E-state index in [0.29, 0.717) is 6.04 Å². The van der Waals surface area contributed by atoms with Gasteiger partial charge in [0, 0.05) is 12.1 Å². The van der Waals surface area contributed by atoms with E-state index >= 15 is 0 Å². The van der Waals surface area contributed by atoms with Gasteiger partial charge in [-0.05, 0) is 38.1 Å². The van der Waals surface area contributed by atoms with Gasteiger partial charge in [-0.1, -0.05) is 25.2 Å². The highest BCUT2D eigenvalue weighted by molar-refractivity contribution is 4.94. The number of terminal acetylenes is 1. The number of rotatable bonds is 3. The molecule has 3 unspecified atom stereocenters. The molecule has 0 spiro atoms. The largest absolute Gasteiger partial charge is 0.314 e. The molecule has 16 heavy (non-hydrogen) atoms. The Hall–Kier alpha value is -0.520. The third-order valence-electron chi connectivity index (χ3n) is 4.15. The van der Waals surface area contributed by atoms with Crippen molar-refractivity contribution < 1.29 is 0 Å². The summed E-state index contributed by atoms with van der Waals surface area (Å²) >= 11 is 0. The Balaban J connectivity index is 1.89. The second-order valence-electron chi connectivity index (χ2n) is 5.20. The first-order valence-corrected chi connectivity index (χ1v) is 6.82. The van der Waals surface area contributed by atoms with Gasteiger partial charge < -0.3 is 10.6 Å². The zero-order valence-electron chi connectivity index (χ0n) is 10.2. The van der Waals surface area contributed by atoms with Crippen LogP contribution in [0.1, 0.15) is 44.9 Å². The molecule has 1 saturated carbocycles. The second-order valence-corrected chi connectivity index (χ2v) is 5.20. The van der Waals surface area contributed by atoms with Crippen LogP contribution in [0, 0.1) is 18.3 Å². The summed E-state index contributed by atoms with van der Waals surface area (Å²) < 4.78 is 0. The molecule has 90 valence electrons. The summed E-state index contributed by atoms with van der Waals surface area (Å²) in [5.41, 5.74) is 0. The fourth-order valence-corrected chi connectivity index (χ4v) is 3.33. The van der Waals surface area contributed by atoms with E-state index in [4.69, 9.17) is 6.42 Å². The smallest absolute Gasteiger partial charge is 0.0576 e. The third kappa shape index (κ3) is 2.99. The number of piperidine rings is 1. The van der Waals surface area contributed by atoms with E-state index in [9.17, 15) is 0 Å². The first-order valence-electron chi connectivity index (χ1n) is 6.82. The van der Waals surface area contributed by atoms with Crippen LogP contribution in [0.25, 0.3) is 0 Å². The fourth-order valence-electron chi connectivity index (χ4n) is 3.33. The van der Waals surface area contributed by atoms with Gasteiger partial charge in [0.25, 0.3) is 0 Å². The molecule has 2 rings (SSSR count). The Bertz CT molecular complexity index is 238. The number of hydrogen-bond acceptors (Lipinski definition) is 2. The van der Waals surface area contributed by atoms with E-state index in [1.54, 1.807) is 0 Å². The maximum absolute atomic E-state index is 5.34. The van der Waals surface area contributed by atoms with E-state index in [-0.39, 0.29) is 0 Å². The van der Waals surface area contributed by atoms with Crippen molar-refractivity contribution in [3.8, 4) is 12.3 Å². The van der Waals surface area contributed by atoms with Crippen LogP contribution in [0.15, 0.2) is 0 Å². The lowest BCUT2D eigenvalue weighted by atomic mass is 9.77. The maximum atomic E-state index is 5.34. The molecule has 0 bridgehead atoms. The Labute approximate surface area is 99.6 Å². The molecule has 0 aromatic rings. The van der Waals surface area contributed by atoms with Gasteiger partial charge in [-0.25, -0.2) is 0 Å². The highest BCUT2D eigenvalue weighted by atomic mass is 15.0. The van der Waals surface area contributed by atoms with Crippen molar-refractivity contribution in [1.82, 2.24) is 10.6 Å². The van der Waals surface area contributed by atoms with Crippen LogP contribution in [0.5, 0.6) is 0 Å². The topological polar surface area (TPSA) is 24.1 Å². The van der Waals surface area contributed by atoms with E-state index in [1.807, 2.05) is 0 Å². The predicted octanol–water partition coefficient (Wildman–Crippen LogP) is 1.91. The van der Waals surface area contributed by atoms with Crippen molar-refractivity contribution >= 4 is 0 Å². The molecule has 0 aromatic heterocycles. The van der Waals surface area contributed by atoms with Crippen molar-refractivity contribution in [2.45, 2.75) is 57.0 Å².